The van der Waals surface area contributed by atoms with Crippen LogP contribution in [0.25, 0.3) is 0 Å². The van der Waals surface area contributed by atoms with E-state index in [0.29, 0.717) is 6.42 Å². The number of halogens is 2. The van der Waals surface area contributed by atoms with Crippen LogP contribution in [0.4, 0.5) is 5.69 Å². The molecule has 2 unspecified atom stereocenters. The van der Waals surface area contributed by atoms with E-state index in [0.717, 1.165) is 6.33 Å². The molecule has 2 rings (SSSR count). The first-order valence-corrected chi connectivity index (χ1v) is 5.46. The molecule has 1 heterocycles. The summed E-state index contributed by atoms with van der Waals surface area (Å²) in [5.41, 5.74) is 0.108. The Morgan fingerprint density at radius 3 is 2.35 bits per heavy atom. The van der Waals surface area contributed by atoms with Gasteiger partial charge in [-0.25, -0.2) is 9.97 Å². The highest BCUT2D eigenvalue weighted by Crippen LogP contribution is 2.40. The van der Waals surface area contributed by atoms with E-state index in [1.165, 1.54) is 0 Å². The zero-order valence-corrected chi connectivity index (χ0v) is 9.87. The second-order valence-electron chi connectivity index (χ2n) is 3.61. The summed E-state index contributed by atoms with van der Waals surface area (Å²) in [6, 6.07) is 0. The number of carboxylic acids is 1. The molecule has 2 N–H and O–H groups in total. The molecule has 1 amide bonds. The van der Waals surface area contributed by atoms with Crippen molar-refractivity contribution in [2.45, 2.75) is 6.42 Å². The first-order chi connectivity index (χ1) is 8.00. The van der Waals surface area contributed by atoms with E-state index in [4.69, 9.17) is 28.3 Å². The van der Waals surface area contributed by atoms with E-state index in [1.807, 2.05) is 0 Å². The molecule has 17 heavy (non-hydrogen) atoms. The Kier molecular flexibility index (Phi) is 3.17. The van der Waals surface area contributed by atoms with Crippen molar-refractivity contribution in [3.63, 3.8) is 0 Å². The van der Waals surface area contributed by atoms with Crippen LogP contribution in [0.5, 0.6) is 0 Å². The fourth-order valence-corrected chi connectivity index (χ4v) is 1.83. The van der Waals surface area contributed by atoms with Crippen molar-refractivity contribution in [2.24, 2.45) is 11.8 Å². The predicted molar refractivity (Wildman–Crippen MR) is 59.9 cm³/mol. The fourth-order valence-electron chi connectivity index (χ4n) is 1.42. The average molecular weight is 276 g/mol. The highest BCUT2D eigenvalue weighted by molar-refractivity contribution is 6.38. The number of carbonyl (C=O) groups is 2. The summed E-state index contributed by atoms with van der Waals surface area (Å²) >= 11 is 11.5. The van der Waals surface area contributed by atoms with Gasteiger partial charge in [-0.2, -0.15) is 0 Å². The van der Waals surface area contributed by atoms with Crippen LogP contribution < -0.4 is 5.32 Å². The van der Waals surface area contributed by atoms with Crippen LogP contribution in [0.2, 0.25) is 10.3 Å². The maximum absolute atomic E-state index is 11.6. The number of aliphatic carboxylic acids is 1. The van der Waals surface area contributed by atoms with Crippen molar-refractivity contribution in [1.29, 1.82) is 0 Å². The van der Waals surface area contributed by atoms with Gasteiger partial charge in [-0.3, -0.25) is 9.59 Å². The van der Waals surface area contributed by atoms with Crippen LogP contribution in [0.15, 0.2) is 6.33 Å². The third-order valence-electron chi connectivity index (χ3n) is 2.45. The monoisotopic (exact) mass is 275 g/mol. The first kappa shape index (κ1) is 12.1. The molecule has 1 aromatic rings. The quantitative estimate of drug-likeness (QED) is 0.815. The molecule has 1 aliphatic carbocycles. The number of nitrogens with one attached hydrogen (secondary N) is 1. The lowest BCUT2D eigenvalue weighted by Crippen LogP contribution is -2.17. The normalized spacial score (nSPS) is 22.0. The number of aromatic nitrogens is 2. The van der Waals surface area contributed by atoms with E-state index < -0.39 is 23.7 Å². The van der Waals surface area contributed by atoms with Gasteiger partial charge < -0.3 is 10.4 Å². The fraction of sp³-hybridized carbons (Fsp3) is 0.333. The Hall–Kier alpha value is -1.40. The average Bonchev–Trinajstić information content (AvgIpc) is 3.03. The van der Waals surface area contributed by atoms with Gasteiger partial charge in [0.2, 0.25) is 5.91 Å². The summed E-state index contributed by atoms with van der Waals surface area (Å²) in [6.45, 7) is 0. The van der Waals surface area contributed by atoms with Crippen molar-refractivity contribution in [2.75, 3.05) is 5.32 Å². The zero-order chi connectivity index (χ0) is 12.6. The molecule has 1 aromatic heterocycles. The summed E-state index contributed by atoms with van der Waals surface area (Å²) in [7, 11) is 0. The summed E-state index contributed by atoms with van der Waals surface area (Å²) < 4.78 is 0. The number of nitrogens with zero attached hydrogens (tertiary/aromatic N) is 2. The standard InChI is InChI=1S/C9H7Cl2N3O3/c10-6-5(7(11)13-2-12-6)14-8(15)3-1-4(3)9(16)17/h2-4H,1H2,(H,14,15)(H,16,17). The number of hydrogen-bond acceptors (Lipinski definition) is 4. The van der Waals surface area contributed by atoms with E-state index in [9.17, 15) is 9.59 Å². The molecule has 0 spiro atoms. The van der Waals surface area contributed by atoms with Crippen molar-refractivity contribution in [3.05, 3.63) is 16.6 Å². The number of carbonyl (C=O) groups excluding carboxylic acids is 1. The van der Waals surface area contributed by atoms with Crippen LogP contribution in [-0.4, -0.2) is 27.0 Å². The molecule has 2 atom stereocenters. The zero-order valence-electron chi connectivity index (χ0n) is 8.35. The summed E-state index contributed by atoms with van der Waals surface area (Å²) in [5, 5.41) is 11.2. The smallest absolute Gasteiger partial charge is 0.307 e. The molecule has 0 radical (unpaired) electrons. The van der Waals surface area contributed by atoms with Gasteiger partial charge >= 0.3 is 5.97 Å². The molecule has 1 aliphatic rings. The van der Waals surface area contributed by atoms with Crippen LogP contribution in [0.3, 0.4) is 0 Å². The number of amides is 1. The van der Waals surface area contributed by atoms with Gasteiger partial charge in [-0.1, -0.05) is 23.2 Å². The lowest BCUT2D eigenvalue weighted by molar-refractivity contribution is -0.139. The largest absolute Gasteiger partial charge is 0.481 e. The maximum Gasteiger partial charge on any atom is 0.307 e. The van der Waals surface area contributed by atoms with Gasteiger partial charge in [-0.05, 0) is 6.42 Å². The Morgan fingerprint density at radius 2 is 1.88 bits per heavy atom. The minimum Gasteiger partial charge on any atom is -0.481 e. The number of rotatable bonds is 3. The van der Waals surface area contributed by atoms with Crippen molar-refractivity contribution in [1.82, 2.24) is 9.97 Å². The summed E-state index contributed by atoms with van der Waals surface area (Å²) in [4.78, 5) is 29.6. The van der Waals surface area contributed by atoms with Crippen LogP contribution in [-0.2, 0) is 9.59 Å². The number of carboxylic acid groups (broad SMARTS) is 1. The van der Waals surface area contributed by atoms with Gasteiger partial charge in [0.05, 0.1) is 11.8 Å². The van der Waals surface area contributed by atoms with Gasteiger partial charge in [0.15, 0.2) is 10.3 Å². The van der Waals surface area contributed by atoms with Crippen LogP contribution in [0, 0.1) is 11.8 Å². The van der Waals surface area contributed by atoms with Gasteiger partial charge in [0.25, 0.3) is 0 Å². The topological polar surface area (TPSA) is 92.2 Å². The molecule has 0 saturated heterocycles. The second-order valence-corrected chi connectivity index (χ2v) is 4.32. The minimum absolute atomic E-state index is 0.0193. The molecule has 0 aliphatic heterocycles. The molecular weight excluding hydrogens is 269 g/mol. The van der Waals surface area contributed by atoms with E-state index in [-0.39, 0.29) is 16.0 Å². The third kappa shape index (κ3) is 2.48. The molecule has 0 bridgehead atoms. The highest BCUT2D eigenvalue weighted by Gasteiger charge is 2.48. The van der Waals surface area contributed by atoms with E-state index in [2.05, 4.69) is 15.3 Å². The lowest BCUT2D eigenvalue weighted by Gasteiger charge is -2.06. The molecule has 1 saturated carbocycles. The number of anilines is 1. The van der Waals surface area contributed by atoms with Crippen LogP contribution in [0.1, 0.15) is 6.42 Å². The van der Waals surface area contributed by atoms with E-state index >= 15 is 0 Å². The third-order valence-corrected chi connectivity index (χ3v) is 3.02. The van der Waals surface area contributed by atoms with Crippen molar-refractivity contribution in [3.8, 4) is 0 Å². The first-order valence-electron chi connectivity index (χ1n) is 4.70. The Balaban J connectivity index is 2.07. The van der Waals surface area contributed by atoms with E-state index in [1.54, 1.807) is 0 Å². The Bertz CT molecular complexity index is 474. The van der Waals surface area contributed by atoms with Crippen molar-refractivity contribution < 1.29 is 14.7 Å². The lowest BCUT2D eigenvalue weighted by atomic mass is 10.3. The van der Waals surface area contributed by atoms with Gasteiger partial charge in [0.1, 0.15) is 12.0 Å². The molecule has 1 fully saturated rings. The predicted octanol–water partition coefficient (Wildman–Crippen LogP) is 1.44. The highest BCUT2D eigenvalue weighted by atomic mass is 35.5. The SMILES string of the molecule is O=C(O)C1CC1C(=O)Nc1c(Cl)ncnc1Cl. The molecule has 6 nitrogen and oxygen atoms in total. The van der Waals surface area contributed by atoms with Crippen LogP contribution >= 0.6 is 23.2 Å². The Morgan fingerprint density at radius 1 is 1.29 bits per heavy atom. The molecular formula is C9H7Cl2N3O3. The van der Waals surface area contributed by atoms with Gasteiger partial charge in [0, 0.05) is 0 Å². The minimum atomic E-state index is -0.980. The van der Waals surface area contributed by atoms with Crippen molar-refractivity contribution >= 4 is 40.8 Å². The summed E-state index contributed by atoms with van der Waals surface area (Å²) in [5.74, 6) is -2.58. The number of hydrogen-bond donors (Lipinski definition) is 2. The Labute approximate surface area is 106 Å². The maximum atomic E-state index is 11.6. The molecule has 90 valence electrons. The summed E-state index contributed by atoms with van der Waals surface area (Å²) in [6.07, 6.45) is 1.49. The molecule has 0 aromatic carbocycles. The second kappa shape index (κ2) is 4.46. The molecule has 8 heteroatoms. The van der Waals surface area contributed by atoms with Gasteiger partial charge in [-0.15, -0.1) is 0 Å².